The molecule has 3 amide bonds. The van der Waals surface area contributed by atoms with E-state index in [-0.39, 0.29) is 17.7 Å². The third-order valence-corrected chi connectivity index (χ3v) is 4.30. The van der Waals surface area contributed by atoms with E-state index in [2.05, 4.69) is 36.9 Å². The zero-order valence-corrected chi connectivity index (χ0v) is 16.7. The Morgan fingerprint density at radius 1 is 0.893 bits per heavy atom. The van der Waals surface area contributed by atoms with Crippen molar-refractivity contribution in [1.82, 2.24) is 16.2 Å². The Kier molecular flexibility index (Phi) is 6.93. The standard InChI is InChI=1S/C22H27N3O3/c1-15(26)23-19(16-8-6-5-7-9-16)14-20(27)24-25-21(28)17-10-12-18(13-11-17)22(2,3)4/h5-13,19H,14H2,1-4H3,(H,23,26)(H,24,27)(H,25,28)/t19-/m0/s1. The van der Waals surface area contributed by atoms with Crippen LogP contribution in [0.25, 0.3) is 0 Å². The zero-order valence-electron chi connectivity index (χ0n) is 16.7. The molecule has 0 saturated heterocycles. The van der Waals surface area contributed by atoms with Gasteiger partial charge in [-0.2, -0.15) is 0 Å². The molecule has 2 aromatic carbocycles. The second kappa shape index (κ2) is 9.17. The van der Waals surface area contributed by atoms with Crippen LogP contribution in [0.4, 0.5) is 0 Å². The largest absolute Gasteiger partial charge is 0.349 e. The summed E-state index contributed by atoms with van der Waals surface area (Å²) in [6.07, 6.45) is 0.00678. The van der Waals surface area contributed by atoms with Crippen LogP contribution in [-0.2, 0) is 15.0 Å². The van der Waals surface area contributed by atoms with Crippen molar-refractivity contribution in [2.24, 2.45) is 0 Å². The van der Waals surface area contributed by atoms with Crippen LogP contribution in [0, 0.1) is 0 Å². The molecule has 0 bridgehead atoms. The number of carbonyl (C=O) groups is 3. The van der Waals surface area contributed by atoms with E-state index in [0.717, 1.165) is 11.1 Å². The molecule has 0 unspecified atom stereocenters. The summed E-state index contributed by atoms with van der Waals surface area (Å²) >= 11 is 0. The van der Waals surface area contributed by atoms with E-state index in [1.54, 1.807) is 12.1 Å². The van der Waals surface area contributed by atoms with Gasteiger partial charge in [-0.05, 0) is 28.7 Å². The van der Waals surface area contributed by atoms with Gasteiger partial charge in [0.2, 0.25) is 11.8 Å². The van der Waals surface area contributed by atoms with Crippen LogP contribution in [0.15, 0.2) is 54.6 Å². The average Bonchev–Trinajstić information content (AvgIpc) is 2.65. The molecule has 0 radical (unpaired) electrons. The molecule has 1 atom stereocenters. The van der Waals surface area contributed by atoms with Crippen molar-refractivity contribution >= 4 is 17.7 Å². The summed E-state index contributed by atoms with van der Waals surface area (Å²) in [5.74, 6) is -1.03. The number of benzene rings is 2. The SMILES string of the molecule is CC(=O)N[C@@H](CC(=O)NNC(=O)c1ccc(C(C)(C)C)cc1)c1ccccc1. The molecule has 0 aromatic heterocycles. The highest BCUT2D eigenvalue weighted by molar-refractivity contribution is 5.95. The fourth-order valence-electron chi connectivity index (χ4n) is 2.74. The maximum atomic E-state index is 12.3. The van der Waals surface area contributed by atoms with Crippen molar-refractivity contribution in [2.75, 3.05) is 0 Å². The summed E-state index contributed by atoms with van der Waals surface area (Å²) in [6, 6.07) is 16.0. The van der Waals surface area contributed by atoms with Crippen molar-refractivity contribution in [1.29, 1.82) is 0 Å². The van der Waals surface area contributed by atoms with Crippen molar-refractivity contribution in [3.8, 4) is 0 Å². The summed E-state index contributed by atoms with van der Waals surface area (Å²) in [5.41, 5.74) is 7.21. The minimum Gasteiger partial charge on any atom is -0.349 e. The van der Waals surface area contributed by atoms with Gasteiger partial charge >= 0.3 is 0 Å². The molecule has 0 aliphatic heterocycles. The van der Waals surface area contributed by atoms with E-state index in [9.17, 15) is 14.4 Å². The van der Waals surface area contributed by atoms with Crippen molar-refractivity contribution in [3.63, 3.8) is 0 Å². The third kappa shape index (κ3) is 6.23. The molecule has 0 aliphatic carbocycles. The Hall–Kier alpha value is -3.15. The van der Waals surface area contributed by atoms with E-state index >= 15 is 0 Å². The van der Waals surface area contributed by atoms with Gasteiger partial charge in [-0.1, -0.05) is 63.2 Å². The molecule has 3 N–H and O–H groups in total. The molecule has 28 heavy (non-hydrogen) atoms. The van der Waals surface area contributed by atoms with Crippen molar-refractivity contribution in [2.45, 2.75) is 45.6 Å². The van der Waals surface area contributed by atoms with Crippen molar-refractivity contribution < 1.29 is 14.4 Å². The maximum Gasteiger partial charge on any atom is 0.269 e. The van der Waals surface area contributed by atoms with Crippen LogP contribution in [0.1, 0.15) is 61.6 Å². The van der Waals surface area contributed by atoms with Gasteiger partial charge in [0.1, 0.15) is 0 Å². The van der Waals surface area contributed by atoms with Gasteiger partial charge in [-0.25, -0.2) is 0 Å². The summed E-state index contributed by atoms with van der Waals surface area (Å²) < 4.78 is 0. The lowest BCUT2D eigenvalue weighted by Crippen LogP contribution is -2.43. The van der Waals surface area contributed by atoms with Crippen LogP contribution in [0.3, 0.4) is 0 Å². The first-order chi connectivity index (χ1) is 13.2. The highest BCUT2D eigenvalue weighted by Crippen LogP contribution is 2.22. The highest BCUT2D eigenvalue weighted by Gasteiger charge is 2.18. The number of hydrogen-bond acceptors (Lipinski definition) is 3. The van der Waals surface area contributed by atoms with Crippen LogP contribution >= 0.6 is 0 Å². The topological polar surface area (TPSA) is 87.3 Å². The predicted octanol–water partition coefficient (Wildman–Crippen LogP) is 3.01. The molecule has 2 aromatic rings. The summed E-state index contributed by atoms with van der Waals surface area (Å²) in [4.78, 5) is 35.9. The molecular weight excluding hydrogens is 354 g/mol. The summed E-state index contributed by atoms with van der Waals surface area (Å²) in [7, 11) is 0. The highest BCUT2D eigenvalue weighted by atomic mass is 16.2. The second-order valence-electron chi connectivity index (χ2n) is 7.70. The maximum absolute atomic E-state index is 12.3. The fraction of sp³-hybridized carbons (Fsp3) is 0.318. The number of nitrogens with one attached hydrogen (secondary N) is 3. The normalized spacial score (nSPS) is 12.0. The monoisotopic (exact) mass is 381 g/mol. The average molecular weight is 381 g/mol. The number of amides is 3. The lowest BCUT2D eigenvalue weighted by atomic mass is 9.87. The number of rotatable bonds is 5. The molecule has 0 spiro atoms. The van der Waals surface area contributed by atoms with Crippen molar-refractivity contribution in [3.05, 3.63) is 71.3 Å². The Balaban J connectivity index is 1.94. The summed E-state index contributed by atoms with van der Waals surface area (Å²) in [6.45, 7) is 7.69. The van der Waals surface area contributed by atoms with Crippen LogP contribution < -0.4 is 16.2 Å². The minimum absolute atomic E-state index is 0.000610. The molecular formula is C22H27N3O3. The summed E-state index contributed by atoms with van der Waals surface area (Å²) in [5, 5.41) is 2.75. The lowest BCUT2D eigenvalue weighted by Gasteiger charge is -2.19. The van der Waals surface area contributed by atoms with E-state index < -0.39 is 17.9 Å². The van der Waals surface area contributed by atoms with Gasteiger partial charge in [-0.3, -0.25) is 25.2 Å². The molecule has 6 nitrogen and oxygen atoms in total. The van der Waals surface area contributed by atoms with Crippen LogP contribution in [-0.4, -0.2) is 17.7 Å². The molecule has 0 heterocycles. The first-order valence-corrected chi connectivity index (χ1v) is 9.18. The predicted molar refractivity (Wildman–Crippen MR) is 108 cm³/mol. The number of hydrogen-bond donors (Lipinski definition) is 3. The fourth-order valence-corrected chi connectivity index (χ4v) is 2.74. The van der Waals surface area contributed by atoms with E-state index in [1.807, 2.05) is 42.5 Å². The molecule has 0 fully saturated rings. The lowest BCUT2D eigenvalue weighted by molar-refractivity contribution is -0.123. The van der Waals surface area contributed by atoms with E-state index in [0.29, 0.717) is 5.56 Å². The Morgan fingerprint density at radius 3 is 2.04 bits per heavy atom. The molecule has 0 aliphatic rings. The number of hydrazine groups is 1. The van der Waals surface area contributed by atoms with Gasteiger partial charge in [0, 0.05) is 12.5 Å². The molecule has 2 rings (SSSR count). The van der Waals surface area contributed by atoms with E-state index in [1.165, 1.54) is 6.92 Å². The Bertz CT molecular complexity index is 824. The van der Waals surface area contributed by atoms with Gasteiger partial charge in [0.15, 0.2) is 0 Å². The zero-order chi connectivity index (χ0) is 20.7. The van der Waals surface area contributed by atoms with Gasteiger partial charge in [0.25, 0.3) is 5.91 Å². The second-order valence-corrected chi connectivity index (χ2v) is 7.70. The van der Waals surface area contributed by atoms with Gasteiger partial charge in [-0.15, -0.1) is 0 Å². The first kappa shape index (κ1) is 21.2. The van der Waals surface area contributed by atoms with Crippen LogP contribution in [0.5, 0.6) is 0 Å². The molecule has 6 heteroatoms. The Morgan fingerprint density at radius 2 is 1.50 bits per heavy atom. The van der Waals surface area contributed by atoms with Crippen LogP contribution in [0.2, 0.25) is 0 Å². The smallest absolute Gasteiger partial charge is 0.269 e. The Labute approximate surface area is 165 Å². The minimum atomic E-state index is -0.471. The molecule has 0 saturated carbocycles. The first-order valence-electron chi connectivity index (χ1n) is 9.18. The third-order valence-electron chi connectivity index (χ3n) is 4.30. The quantitative estimate of drug-likeness (QED) is 0.696. The van der Waals surface area contributed by atoms with Gasteiger partial charge < -0.3 is 5.32 Å². The molecule has 148 valence electrons. The number of carbonyl (C=O) groups excluding carboxylic acids is 3. The van der Waals surface area contributed by atoms with Gasteiger partial charge in [0.05, 0.1) is 12.5 Å². The van der Waals surface area contributed by atoms with E-state index in [4.69, 9.17) is 0 Å².